The zero-order valence-electron chi connectivity index (χ0n) is 16.7. The second-order valence-electron chi connectivity index (χ2n) is 7.91. The Kier molecular flexibility index (Phi) is 6.07. The standard InChI is InChI=1S/C21H25FN2O4S/c1-21(2,3)16-6-4-5-7-18(16)23-20(25)15-8-9-17(22)19(14-15)29(26,27)24-10-12-28-13-11-24/h4-9,14H,10-13H2,1-3H3,(H,23,25). The fourth-order valence-electron chi connectivity index (χ4n) is 3.21. The molecule has 0 radical (unpaired) electrons. The van der Waals surface area contributed by atoms with Gasteiger partial charge in [-0.15, -0.1) is 0 Å². The zero-order valence-corrected chi connectivity index (χ0v) is 17.6. The van der Waals surface area contributed by atoms with Gasteiger partial charge in [-0.1, -0.05) is 39.0 Å². The van der Waals surface area contributed by atoms with Crippen LogP contribution in [0, 0.1) is 5.82 Å². The van der Waals surface area contributed by atoms with Gasteiger partial charge in [0.1, 0.15) is 10.7 Å². The monoisotopic (exact) mass is 420 g/mol. The molecule has 1 fully saturated rings. The largest absolute Gasteiger partial charge is 0.379 e. The molecule has 0 spiro atoms. The summed E-state index contributed by atoms with van der Waals surface area (Å²) in [6, 6.07) is 10.8. The first kappa shape index (κ1) is 21.4. The molecule has 1 aliphatic rings. The van der Waals surface area contributed by atoms with Gasteiger partial charge in [0.25, 0.3) is 5.91 Å². The number of nitrogens with zero attached hydrogens (tertiary/aromatic N) is 1. The molecule has 0 bridgehead atoms. The van der Waals surface area contributed by atoms with E-state index in [1.165, 1.54) is 10.4 Å². The molecule has 2 aromatic rings. The lowest BCUT2D eigenvalue weighted by molar-refractivity contribution is 0.0729. The predicted octanol–water partition coefficient (Wildman–Crippen LogP) is 3.40. The van der Waals surface area contributed by atoms with Crippen molar-refractivity contribution in [1.82, 2.24) is 4.31 Å². The molecule has 1 heterocycles. The van der Waals surface area contributed by atoms with Crippen LogP contribution in [0.1, 0.15) is 36.7 Å². The van der Waals surface area contributed by atoms with E-state index < -0.39 is 26.6 Å². The molecule has 8 heteroatoms. The Morgan fingerprint density at radius 1 is 1.10 bits per heavy atom. The summed E-state index contributed by atoms with van der Waals surface area (Å²) >= 11 is 0. The Morgan fingerprint density at radius 2 is 1.76 bits per heavy atom. The molecule has 29 heavy (non-hydrogen) atoms. The van der Waals surface area contributed by atoms with Gasteiger partial charge in [0.2, 0.25) is 10.0 Å². The third-order valence-corrected chi connectivity index (χ3v) is 6.68. The second-order valence-corrected chi connectivity index (χ2v) is 9.82. The van der Waals surface area contributed by atoms with E-state index in [0.29, 0.717) is 5.69 Å². The van der Waals surface area contributed by atoms with Crippen molar-refractivity contribution in [2.75, 3.05) is 31.6 Å². The Hall–Kier alpha value is -2.29. The van der Waals surface area contributed by atoms with Crippen molar-refractivity contribution in [3.63, 3.8) is 0 Å². The topological polar surface area (TPSA) is 75.7 Å². The second kappa shape index (κ2) is 8.22. The Morgan fingerprint density at radius 3 is 2.41 bits per heavy atom. The highest BCUT2D eigenvalue weighted by Gasteiger charge is 2.30. The SMILES string of the molecule is CC(C)(C)c1ccccc1NC(=O)c1ccc(F)c(S(=O)(=O)N2CCOCC2)c1. The average molecular weight is 421 g/mol. The van der Waals surface area contributed by atoms with Gasteiger partial charge < -0.3 is 10.1 Å². The van der Waals surface area contributed by atoms with Gasteiger partial charge in [0.15, 0.2) is 0 Å². The predicted molar refractivity (Wildman–Crippen MR) is 109 cm³/mol. The van der Waals surface area contributed by atoms with Crippen molar-refractivity contribution in [3.05, 3.63) is 59.4 Å². The number of halogens is 1. The highest BCUT2D eigenvalue weighted by atomic mass is 32.2. The maximum Gasteiger partial charge on any atom is 0.255 e. The van der Waals surface area contributed by atoms with Gasteiger partial charge >= 0.3 is 0 Å². The van der Waals surface area contributed by atoms with Crippen LogP contribution in [0.2, 0.25) is 0 Å². The number of ether oxygens (including phenoxy) is 1. The molecule has 2 aromatic carbocycles. The number of para-hydroxylation sites is 1. The number of anilines is 1. The number of carbonyl (C=O) groups is 1. The minimum Gasteiger partial charge on any atom is -0.379 e. The number of hydrogen-bond donors (Lipinski definition) is 1. The average Bonchev–Trinajstić information content (AvgIpc) is 2.68. The molecule has 3 rings (SSSR count). The Balaban J connectivity index is 1.91. The van der Waals surface area contributed by atoms with Crippen molar-refractivity contribution in [2.45, 2.75) is 31.1 Å². The van der Waals surface area contributed by atoms with Gasteiger partial charge in [0, 0.05) is 24.3 Å². The summed E-state index contributed by atoms with van der Waals surface area (Å²) in [5.41, 5.74) is 1.45. The van der Waals surface area contributed by atoms with Gasteiger partial charge in [-0.2, -0.15) is 4.31 Å². The molecule has 1 aliphatic heterocycles. The summed E-state index contributed by atoms with van der Waals surface area (Å²) in [5, 5.41) is 2.82. The summed E-state index contributed by atoms with van der Waals surface area (Å²) in [5.74, 6) is -1.39. The first-order valence-electron chi connectivity index (χ1n) is 9.39. The number of morpholine rings is 1. The van der Waals surface area contributed by atoms with Crippen LogP contribution < -0.4 is 5.32 Å². The lowest BCUT2D eigenvalue weighted by Gasteiger charge is -2.26. The molecule has 6 nitrogen and oxygen atoms in total. The van der Waals surface area contributed by atoms with E-state index in [0.717, 1.165) is 17.7 Å². The molecule has 0 unspecified atom stereocenters. The zero-order chi connectivity index (χ0) is 21.2. The maximum absolute atomic E-state index is 14.4. The van der Waals surface area contributed by atoms with E-state index in [-0.39, 0.29) is 37.3 Å². The number of hydrogen-bond acceptors (Lipinski definition) is 4. The van der Waals surface area contributed by atoms with Crippen molar-refractivity contribution >= 4 is 21.6 Å². The van der Waals surface area contributed by atoms with Crippen molar-refractivity contribution in [1.29, 1.82) is 0 Å². The first-order chi connectivity index (χ1) is 13.6. The number of benzene rings is 2. The summed E-state index contributed by atoms with van der Waals surface area (Å²) in [4.78, 5) is 12.3. The molecule has 0 aliphatic carbocycles. The van der Waals surface area contributed by atoms with E-state index in [2.05, 4.69) is 5.32 Å². The van der Waals surface area contributed by atoms with Crippen LogP contribution in [0.15, 0.2) is 47.4 Å². The fourth-order valence-corrected chi connectivity index (χ4v) is 4.71. The molecule has 1 N–H and O–H groups in total. The van der Waals surface area contributed by atoms with Gasteiger partial charge in [0.05, 0.1) is 13.2 Å². The highest BCUT2D eigenvalue weighted by molar-refractivity contribution is 7.89. The van der Waals surface area contributed by atoms with E-state index in [1.807, 2.05) is 39.0 Å². The van der Waals surface area contributed by atoms with Crippen molar-refractivity contribution in [2.24, 2.45) is 0 Å². The lowest BCUT2D eigenvalue weighted by atomic mass is 9.86. The Labute approximate surface area is 170 Å². The highest BCUT2D eigenvalue weighted by Crippen LogP contribution is 2.30. The molecule has 1 amide bonds. The van der Waals surface area contributed by atoms with Crippen molar-refractivity contribution < 1.29 is 22.3 Å². The third kappa shape index (κ3) is 4.66. The molecular weight excluding hydrogens is 395 g/mol. The first-order valence-corrected chi connectivity index (χ1v) is 10.8. The molecular formula is C21H25FN2O4S. The minimum absolute atomic E-state index is 0.0712. The van der Waals surface area contributed by atoms with Gasteiger partial charge in [-0.05, 0) is 35.2 Å². The molecule has 156 valence electrons. The maximum atomic E-state index is 14.4. The molecule has 0 aromatic heterocycles. The molecule has 1 saturated heterocycles. The number of sulfonamides is 1. The molecule has 0 atom stereocenters. The van der Waals surface area contributed by atoms with Crippen LogP contribution in [-0.4, -0.2) is 44.9 Å². The normalized spacial score (nSPS) is 15.9. The van der Waals surface area contributed by atoms with E-state index in [1.54, 1.807) is 6.07 Å². The fraction of sp³-hybridized carbons (Fsp3) is 0.381. The van der Waals surface area contributed by atoms with Crippen LogP contribution in [0.5, 0.6) is 0 Å². The lowest BCUT2D eigenvalue weighted by Crippen LogP contribution is -2.41. The quantitative estimate of drug-likeness (QED) is 0.823. The summed E-state index contributed by atoms with van der Waals surface area (Å²) in [6.07, 6.45) is 0. The van der Waals surface area contributed by atoms with Crippen LogP contribution >= 0.6 is 0 Å². The number of carbonyl (C=O) groups excluding carboxylic acids is 1. The number of rotatable bonds is 4. The van der Waals surface area contributed by atoms with Crippen LogP contribution in [0.25, 0.3) is 0 Å². The van der Waals surface area contributed by atoms with Crippen molar-refractivity contribution in [3.8, 4) is 0 Å². The summed E-state index contributed by atoms with van der Waals surface area (Å²) in [7, 11) is -4.05. The molecule has 0 saturated carbocycles. The van der Waals surface area contributed by atoms with Gasteiger partial charge in [-0.25, -0.2) is 12.8 Å². The smallest absolute Gasteiger partial charge is 0.255 e. The number of nitrogens with one attached hydrogen (secondary N) is 1. The summed E-state index contributed by atoms with van der Waals surface area (Å²) in [6.45, 7) is 6.90. The van der Waals surface area contributed by atoms with E-state index in [4.69, 9.17) is 4.74 Å². The number of amides is 1. The minimum atomic E-state index is -4.05. The summed E-state index contributed by atoms with van der Waals surface area (Å²) < 4.78 is 46.3. The van der Waals surface area contributed by atoms with Crippen LogP contribution in [0.4, 0.5) is 10.1 Å². The van der Waals surface area contributed by atoms with E-state index >= 15 is 0 Å². The Bertz CT molecular complexity index is 1010. The van der Waals surface area contributed by atoms with E-state index in [9.17, 15) is 17.6 Å². The van der Waals surface area contributed by atoms with Crippen LogP contribution in [0.3, 0.4) is 0 Å². The van der Waals surface area contributed by atoms with Gasteiger partial charge in [-0.3, -0.25) is 4.79 Å². The van der Waals surface area contributed by atoms with Crippen LogP contribution in [-0.2, 0) is 20.2 Å². The third-order valence-electron chi connectivity index (χ3n) is 4.76.